The molecule has 0 aliphatic heterocycles. The Kier molecular flexibility index (Phi) is 3.39. The molecule has 0 saturated carbocycles. The zero-order valence-corrected chi connectivity index (χ0v) is 11.4. The number of carboxylic acids is 1. The van der Waals surface area contributed by atoms with Gasteiger partial charge in [0.2, 0.25) is 0 Å². The van der Waals surface area contributed by atoms with E-state index < -0.39 is 5.97 Å². The Morgan fingerprint density at radius 3 is 2.70 bits per heavy atom. The van der Waals surface area contributed by atoms with E-state index in [1.165, 1.54) is 11.3 Å². The van der Waals surface area contributed by atoms with Crippen LogP contribution < -0.4 is 4.74 Å². The first-order valence-corrected chi connectivity index (χ1v) is 7.03. The van der Waals surface area contributed by atoms with Crippen molar-refractivity contribution in [1.82, 2.24) is 0 Å². The van der Waals surface area contributed by atoms with E-state index in [0.717, 1.165) is 21.4 Å². The van der Waals surface area contributed by atoms with Gasteiger partial charge in [-0.25, -0.2) is 4.79 Å². The van der Waals surface area contributed by atoms with E-state index >= 15 is 0 Å². The van der Waals surface area contributed by atoms with Gasteiger partial charge in [0, 0.05) is 10.3 Å². The van der Waals surface area contributed by atoms with Crippen LogP contribution in [0, 0.1) is 0 Å². The summed E-state index contributed by atoms with van der Waals surface area (Å²) in [5.41, 5.74) is 1.39. The Morgan fingerprint density at radius 1 is 1.15 bits per heavy atom. The molecule has 0 fully saturated rings. The number of hydrogen-bond acceptors (Lipinski definition) is 3. The molecule has 3 rings (SSSR count). The van der Waals surface area contributed by atoms with Gasteiger partial charge >= 0.3 is 5.97 Å². The van der Waals surface area contributed by atoms with Crippen molar-refractivity contribution in [3.8, 4) is 5.75 Å². The Bertz CT molecular complexity index is 747. The zero-order chi connectivity index (χ0) is 13.9. The first-order valence-electron chi connectivity index (χ1n) is 6.15. The number of thiophene rings is 1. The van der Waals surface area contributed by atoms with Crippen LogP contribution in [0.3, 0.4) is 0 Å². The monoisotopic (exact) mass is 284 g/mol. The van der Waals surface area contributed by atoms with E-state index in [1.807, 2.05) is 41.8 Å². The maximum Gasteiger partial charge on any atom is 0.335 e. The van der Waals surface area contributed by atoms with Crippen molar-refractivity contribution in [1.29, 1.82) is 0 Å². The maximum atomic E-state index is 10.9. The molecular weight excluding hydrogens is 272 g/mol. The van der Waals surface area contributed by atoms with E-state index in [0.29, 0.717) is 12.2 Å². The highest BCUT2D eigenvalue weighted by molar-refractivity contribution is 7.17. The number of hydrogen-bond donors (Lipinski definition) is 1. The van der Waals surface area contributed by atoms with E-state index in [9.17, 15) is 4.79 Å². The maximum absolute atomic E-state index is 10.9. The highest BCUT2D eigenvalue weighted by Crippen LogP contribution is 2.28. The second kappa shape index (κ2) is 5.35. The molecule has 100 valence electrons. The molecule has 2 aromatic carbocycles. The molecule has 1 N–H and O–H groups in total. The van der Waals surface area contributed by atoms with Crippen LogP contribution in [0.2, 0.25) is 0 Å². The summed E-state index contributed by atoms with van der Waals surface area (Å²) in [5, 5.41) is 12.0. The van der Waals surface area contributed by atoms with Crippen LogP contribution in [0.4, 0.5) is 0 Å². The summed E-state index contributed by atoms with van der Waals surface area (Å²) in [6.07, 6.45) is 0. The van der Waals surface area contributed by atoms with E-state index in [1.54, 1.807) is 12.1 Å². The summed E-state index contributed by atoms with van der Waals surface area (Å²) in [6, 6.07) is 14.8. The minimum Gasteiger partial charge on any atom is -0.489 e. The average molecular weight is 284 g/mol. The van der Waals surface area contributed by atoms with Gasteiger partial charge in [-0.2, -0.15) is 0 Å². The van der Waals surface area contributed by atoms with Crippen molar-refractivity contribution in [3.63, 3.8) is 0 Å². The summed E-state index contributed by atoms with van der Waals surface area (Å²) in [4.78, 5) is 10.9. The van der Waals surface area contributed by atoms with E-state index in [2.05, 4.69) is 0 Å². The van der Waals surface area contributed by atoms with Crippen LogP contribution in [-0.4, -0.2) is 11.1 Å². The normalized spacial score (nSPS) is 10.6. The van der Waals surface area contributed by atoms with Gasteiger partial charge in [-0.3, -0.25) is 0 Å². The molecule has 1 heterocycles. The van der Waals surface area contributed by atoms with Crippen LogP contribution in [0.1, 0.15) is 15.9 Å². The summed E-state index contributed by atoms with van der Waals surface area (Å²) in [5.74, 6) is -0.0728. The first-order chi connectivity index (χ1) is 9.74. The molecule has 0 radical (unpaired) electrons. The van der Waals surface area contributed by atoms with Crippen LogP contribution in [-0.2, 0) is 6.61 Å². The van der Waals surface area contributed by atoms with Crippen molar-refractivity contribution in [2.24, 2.45) is 0 Å². The Labute approximate surface area is 120 Å². The lowest BCUT2D eigenvalue weighted by molar-refractivity contribution is 0.0697. The minimum atomic E-state index is -0.901. The lowest BCUT2D eigenvalue weighted by Crippen LogP contribution is -1.96. The number of fused-ring (bicyclic) bond motifs is 1. The molecule has 0 aliphatic rings. The zero-order valence-electron chi connectivity index (χ0n) is 10.6. The molecule has 0 bridgehead atoms. The highest BCUT2D eigenvalue weighted by Gasteiger charge is 2.08. The standard InChI is InChI=1S/C16H12O3S/c17-16(18)11-6-7-14-12(10-20-15(14)8-11)9-19-13-4-2-1-3-5-13/h1-8,10H,9H2,(H,17,18). The van der Waals surface area contributed by atoms with Gasteiger partial charge in [0.15, 0.2) is 0 Å². The summed E-state index contributed by atoms with van der Waals surface area (Å²) in [6.45, 7) is 0.483. The van der Waals surface area contributed by atoms with Gasteiger partial charge in [-0.15, -0.1) is 11.3 Å². The number of carbonyl (C=O) groups is 1. The number of aromatic carboxylic acids is 1. The van der Waals surface area contributed by atoms with Gasteiger partial charge in [-0.1, -0.05) is 24.3 Å². The lowest BCUT2D eigenvalue weighted by Gasteiger charge is -2.05. The Balaban J connectivity index is 1.84. The third kappa shape index (κ3) is 2.51. The summed E-state index contributed by atoms with van der Waals surface area (Å²) >= 11 is 1.54. The van der Waals surface area contributed by atoms with Crippen molar-refractivity contribution < 1.29 is 14.6 Å². The van der Waals surface area contributed by atoms with Crippen molar-refractivity contribution in [2.75, 3.05) is 0 Å². The topological polar surface area (TPSA) is 46.5 Å². The van der Waals surface area contributed by atoms with Crippen LogP contribution in [0.25, 0.3) is 10.1 Å². The molecule has 0 spiro atoms. The van der Waals surface area contributed by atoms with Crippen LogP contribution in [0.5, 0.6) is 5.75 Å². The van der Waals surface area contributed by atoms with Gasteiger partial charge < -0.3 is 9.84 Å². The number of rotatable bonds is 4. The Morgan fingerprint density at radius 2 is 1.95 bits per heavy atom. The van der Waals surface area contributed by atoms with Crippen LogP contribution in [0.15, 0.2) is 53.9 Å². The van der Waals surface area contributed by atoms with Crippen molar-refractivity contribution in [2.45, 2.75) is 6.61 Å². The van der Waals surface area contributed by atoms with Gasteiger partial charge in [-0.05, 0) is 35.0 Å². The number of ether oxygens (including phenoxy) is 1. The fraction of sp³-hybridized carbons (Fsp3) is 0.0625. The molecule has 0 unspecified atom stereocenters. The highest BCUT2D eigenvalue weighted by atomic mass is 32.1. The number of benzene rings is 2. The van der Waals surface area contributed by atoms with Gasteiger partial charge in [0.05, 0.1) is 5.56 Å². The molecule has 0 aliphatic carbocycles. The third-order valence-corrected chi connectivity index (χ3v) is 4.03. The summed E-state index contributed by atoms with van der Waals surface area (Å²) in [7, 11) is 0. The lowest BCUT2D eigenvalue weighted by atomic mass is 10.1. The second-order valence-electron chi connectivity index (χ2n) is 4.38. The van der Waals surface area contributed by atoms with Crippen molar-refractivity contribution in [3.05, 3.63) is 65.0 Å². The summed E-state index contributed by atoms with van der Waals surface area (Å²) < 4.78 is 6.70. The molecule has 0 atom stereocenters. The quantitative estimate of drug-likeness (QED) is 0.781. The fourth-order valence-corrected chi connectivity index (χ4v) is 2.99. The first kappa shape index (κ1) is 12.7. The SMILES string of the molecule is O=C(O)c1ccc2c(COc3ccccc3)csc2c1. The predicted octanol–water partition coefficient (Wildman–Crippen LogP) is 4.18. The molecule has 0 saturated heterocycles. The molecule has 1 aromatic heterocycles. The van der Waals surface area contributed by atoms with Gasteiger partial charge in [0.25, 0.3) is 0 Å². The van der Waals surface area contributed by atoms with E-state index in [4.69, 9.17) is 9.84 Å². The second-order valence-corrected chi connectivity index (χ2v) is 5.29. The minimum absolute atomic E-state index is 0.315. The number of para-hydroxylation sites is 1. The smallest absolute Gasteiger partial charge is 0.335 e. The average Bonchev–Trinajstić information content (AvgIpc) is 2.88. The molecule has 0 amide bonds. The predicted molar refractivity (Wildman–Crippen MR) is 79.6 cm³/mol. The molecule has 3 nitrogen and oxygen atoms in total. The fourth-order valence-electron chi connectivity index (χ4n) is 2.01. The third-order valence-electron chi connectivity index (χ3n) is 3.04. The molecular formula is C16H12O3S. The molecule has 4 heteroatoms. The molecule has 3 aromatic rings. The molecule has 20 heavy (non-hydrogen) atoms. The Hall–Kier alpha value is -2.33. The van der Waals surface area contributed by atoms with Crippen molar-refractivity contribution >= 4 is 27.4 Å². The van der Waals surface area contributed by atoms with E-state index in [-0.39, 0.29) is 0 Å². The number of carboxylic acid groups (broad SMARTS) is 1. The van der Waals surface area contributed by atoms with Gasteiger partial charge in [0.1, 0.15) is 12.4 Å². The largest absolute Gasteiger partial charge is 0.489 e. The van der Waals surface area contributed by atoms with Crippen LogP contribution >= 0.6 is 11.3 Å².